The van der Waals surface area contributed by atoms with Gasteiger partial charge in [-0.1, -0.05) is 18.2 Å². The zero-order valence-electron chi connectivity index (χ0n) is 13.9. The number of esters is 3. The number of aliphatic hydroxyl groups is 1. The zero-order valence-corrected chi connectivity index (χ0v) is 13.9. The molecule has 1 N–H and O–H groups in total. The molecule has 0 amide bonds. The van der Waals surface area contributed by atoms with E-state index in [1.54, 1.807) is 30.3 Å². The van der Waals surface area contributed by atoms with E-state index >= 15 is 0 Å². The normalized spacial score (nSPS) is 25.7. The molecule has 4 atom stereocenters. The van der Waals surface area contributed by atoms with Gasteiger partial charge in [-0.05, 0) is 12.1 Å². The first-order valence-electron chi connectivity index (χ1n) is 7.77. The second-order valence-electron chi connectivity index (χ2n) is 5.57. The third-order valence-electron chi connectivity index (χ3n) is 3.50. The van der Waals surface area contributed by atoms with Crippen molar-refractivity contribution in [2.45, 2.75) is 44.9 Å². The maximum atomic E-state index is 11.9. The number of hydrogen-bond donors (Lipinski definition) is 1. The lowest BCUT2D eigenvalue weighted by molar-refractivity contribution is -0.262. The molecule has 25 heavy (non-hydrogen) atoms. The Morgan fingerprint density at radius 1 is 1.12 bits per heavy atom. The Balaban J connectivity index is 1.97. The summed E-state index contributed by atoms with van der Waals surface area (Å²) in [6.07, 6.45) is -4.13. The molecule has 136 valence electrons. The van der Waals surface area contributed by atoms with Crippen LogP contribution in [0.3, 0.4) is 0 Å². The van der Waals surface area contributed by atoms with Crippen LogP contribution >= 0.6 is 0 Å². The molecule has 1 aromatic carbocycles. The Bertz CT molecular complexity index is 614. The Morgan fingerprint density at radius 3 is 2.36 bits per heavy atom. The van der Waals surface area contributed by atoms with Gasteiger partial charge < -0.3 is 24.1 Å². The Morgan fingerprint density at radius 2 is 1.76 bits per heavy atom. The molecule has 1 fully saturated rings. The molecule has 0 bridgehead atoms. The fraction of sp³-hybridized carbons (Fsp3) is 0.471. The fourth-order valence-electron chi connectivity index (χ4n) is 2.49. The Hall–Kier alpha value is -2.45. The van der Waals surface area contributed by atoms with Crippen LogP contribution in [0.15, 0.2) is 30.3 Å². The molecule has 8 heteroatoms. The lowest BCUT2D eigenvalue weighted by Crippen LogP contribution is -2.52. The predicted molar refractivity (Wildman–Crippen MR) is 83.3 cm³/mol. The van der Waals surface area contributed by atoms with Gasteiger partial charge in [0.15, 0.2) is 12.4 Å². The van der Waals surface area contributed by atoms with Crippen molar-refractivity contribution in [3.63, 3.8) is 0 Å². The average Bonchev–Trinajstić information content (AvgIpc) is 2.56. The quantitative estimate of drug-likeness (QED) is 0.613. The lowest BCUT2D eigenvalue weighted by atomic mass is 10.0. The predicted octanol–water partition coefficient (Wildman–Crippen LogP) is 0.814. The molecule has 0 spiro atoms. The van der Waals surface area contributed by atoms with Gasteiger partial charge in [-0.3, -0.25) is 9.59 Å². The minimum Gasteiger partial charge on any atom is -0.459 e. The van der Waals surface area contributed by atoms with E-state index in [1.807, 2.05) is 0 Å². The largest absolute Gasteiger partial charge is 0.459 e. The first-order valence-corrected chi connectivity index (χ1v) is 7.77. The molecule has 8 nitrogen and oxygen atoms in total. The van der Waals surface area contributed by atoms with Gasteiger partial charge in [0.2, 0.25) is 0 Å². The fourth-order valence-corrected chi connectivity index (χ4v) is 2.49. The molecule has 0 aromatic heterocycles. The van der Waals surface area contributed by atoms with Gasteiger partial charge in [0.1, 0.15) is 12.7 Å². The van der Waals surface area contributed by atoms with Crippen LogP contribution in [0.5, 0.6) is 0 Å². The first-order chi connectivity index (χ1) is 11.9. The van der Waals surface area contributed by atoms with Gasteiger partial charge >= 0.3 is 17.9 Å². The second kappa shape index (κ2) is 8.59. The summed E-state index contributed by atoms with van der Waals surface area (Å²) in [5, 5.41) is 10.0. The van der Waals surface area contributed by atoms with Crippen LogP contribution in [0.2, 0.25) is 0 Å². The zero-order chi connectivity index (χ0) is 18.4. The van der Waals surface area contributed by atoms with Crippen LogP contribution in [0.4, 0.5) is 0 Å². The van der Waals surface area contributed by atoms with Gasteiger partial charge in [0, 0.05) is 20.3 Å². The van der Waals surface area contributed by atoms with Crippen LogP contribution in [0.1, 0.15) is 30.6 Å². The highest BCUT2D eigenvalue weighted by atomic mass is 16.7. The topological polar surface area (TPSA) is 108 Å². The molecule has 3 unspecified atom stereocenters. The molecular formula is C17H20O8. The number of benzene rings is 1. The van der Waals surface area contributed by atoms with Crippen LogP contribution in [-0.2, 0) is 28.5 Å². The maximum absolute atomic E-state index is 11.9. The van der Waals surface area contributed by atoms with Crippen LogP contribution < -0.4 is 0 Å². The van der Waals surface area contributed by atoms with E-state index in [9.17, 15) is 19.5 Å². The standard InChI is InChI=1S/C17H20O8/c1-10(18)23-14-8-13(25-17(21)15(14)24-11(2)19)9-22-16(20)12-6-4-3-5-7-12/h3-7,13-15,17,21H,8-9H2,1-2H3/t13-,14?,15?,17?/m0/s1. The van der Waals surface area contributed by atoms with Gasteiger partial charge in [0.25, 0.3) is 0 Å². The summed E-state index contributed by atoms with van der Waals surface area (Å²) in [5.74, 6) is -1.76. The molecule has 1 aliphatic heterocycles. The van der Waals surface area contributed by atoms with E-state index in [0.29, 0.717) is 5.56 Å². The molecule has 0 saturated carbocycles. The SMILES string of the molecule is CC(=O)OC1C[C@@H](COC(=O)c2ccccc2)OC(O)C1OC(C)=O. The van der Waals surface area contributed by atoms with Crippen molar-refractivity contribution in [1.82, 2.24) is 0 Å². The maximum Gasteiger partial charge on any atom is 0.338 e. The van der Waals surface area contributed by atoms with Crippen molar-refractivity contribution >= 4 is 17.9 Å². The smallest absolute Gasteiger partial charge is 0.338 e. The highest BCUT2D eigenvalue weighted by Crippen LogP contribution is 2.25. The minimum absolute atomic E-state index is 0.108. The summed E-state index contributed by atoms with van der Waals surface area (Å²) < 4.78 is 20.5. The molecule has 0 aliphatic carbocycles. The monoisotopic (exact) mass is 352 g/mol. The van der Waals surface area contributed by atoms with Crippen LogP contribution in [0.25, 0.3) is 0 Å². The number of aliphatic hydroxyl groups excluding tert-OH is 1. The Kier molecular flexibility index (Phi) is 6.49. The van der Waals surface area contributed by atoms with Crippen molar-refractivity contribution in [2.24, 2.45) is 0 Å². The van der Waals surface area contributed by atoms with Crippen molar-refractivity contribution in [2.75, 3.05) is 6.61 Å². The average molecular weight is 352 g/mol. The van der Waals surface area contributed by atoms with E-state index in [-0.39, 0.29) is 13.0 Å². The Labute approximate surface area is 144 Å². The molecule has 2 rings (SSSR count). The van der Waals surface area contributed by atoms with Gasteiger partial charge in [-0.15, -0.1) is 0 Å². The number of rotatable bonds is 5. The molecule has 1 heterocycles. The molecular weight excluding hydrogens is 332 g/mol. The molecule has 1 saturated heterocycles. The number of carbonyl (C=O) groups excluding carboxylic acids is 3. The van der Waals surface area contributed by atoms with E-state index in [0.717, 1.165) is 0 Å². The van der Waals surface area contributed by atoms with Gasteiger partial charge in [-0.25, -0.2) is 4.79 Å². The molecule has 1 aliphatic rings. The van der Waals surface area contributed by atoms with Gasteiger partial charge in [0.05, 0.1) is 11.7 Å². The summed E-state index contributed by atoms with van der Waals surface area (Å²) in [7, 11) is 0. The van der Waals surface area contributed by atoms with Crippen LogP contribution in [0, 0.1) is 0 Å². The van der Waals surface area contributed by atoms with Gasteiger partial charge in [-0.2, -0.15) is 0 Å². The summed E-state index contributed by atoms with van der Waals surface area (Å²) in [5.41, 5.74) is 0.383. The first kappa shape index (κ1) is 18.9. The molecule has 0 radical (unpaired) electrons. The van der Waals surface area contributed by atoms with Crippen LogP contribution in [-0.4, -0.2) is 54.2 Å². The summed E-state index contributed by atoms with van der Waals surface area (Å²) in [4.78, 5) is 34.3. The van der Waals surface area contributed by atoms with E-state index in [2.05, 4.69) is 0 Å². The minimum atomic E-state index is -1.50. The van der Waals surface area contributed by atoms with E-state index < -0.39 is 42.5 Å². The molecule has 1 aromatic rings. The highest BCUT2D eigenvalue weighted by Gasteiger charge is 2.42. The van der Waals surface area contributed by atoms with E-state index in [4.69, 9.17) is 18.9 Å². The summed E-state index contributed by atoms with van der Waals surface area (Å²) >= 11 is 0. The summed E-state index contributed by atoms with van der Waals surface area (Å²) in [6.45, 7) is 2.23. The van der Waals surface area contributed by atoms with Crippen molar-refractivity contribution in [1.29, 1.82) is 0 Å². The highest BCUT2D eigenvalue weighted by molar-refractivity contribution is 5.89. The third kappa shape index (κ3) is 5.54. The van der Waals surface area contributed by atoms with Crippen molar-refractivity contribution < 1.29 is 38.4 Å². The number of hydrogen-bond acceptors (Lipinski definition) is 8. The van der Waals surface area contributed by atoms with Crippen molar-refractivity contribution in [3.05, 3.63) is 35.9 Å². The second-order valence-corrected chi connectivity index (χ2v) is 5.57. The number of carbonyl (C=O) groups is 3. The van der Waals surface area contributed by atoms with Crippen molar-refractivity contribution in [3.8, 4) is 0 Å². The lowest BCUT2D eigenvalue weighted by Gasteiger charge is -2.37. The third-order valence-corrected chi connectivity index (χ3v) is 3.50. The summed E-state index contributed by atoms with van der Waals surface area (Å²) in [6, 6.07) is 8.40. The van der Waals surface area contributed by atoms with E-state index in [1.165, 1.54) is 13.8 Å². The number of ether oxygens (including phenoxy) is 4.